The van der Waals surface area contributed by atoms with Crippen LogP contribution in [0.1, 0.15) is 53.4 Å². The lowest BCUT2D eigenvalue weighted by molar-refractivity contribution is -0.133. The second-order valence-corrected chi connectivity index (χ2v) is 7.28. The van der Waals surface area contributed by atoms with Crippen molar-refractivity contribution in [3.63, 3.8) is 0 Å². The number of amides is 1. The fourth-order valence-electron chi connectivity index (χ4n) is 3.25. The van der Waals surface area contributed by atoms with Gasteiger partial charge in [-0.2, -0.15) is 0 Å². The molecule has 0 spiro atoms. The molecule has 1 amide bonds. The summed E-state index contributed by atoms with van der Waals surface area (Å²) in [5.41, 5.74) is 5.88. The quantitative estimate of drug-likeness (QED) is 0.784. The zero-order valence-corrected chi connectivity index (χ0v) is 13.6. The van der Waals surface area contributed by atoms with Crippen LogP contribution in [0.5, 0.6) is 0 Å². The number of hydrogen-bond acceptors (Lipinski definition) is 3. The standard InChI is InChI=1S/C16H32N2O2/c1-12-8-10-18(14(12)11-19)15(20)6-5-13(7-9-17)16(2,3)4/h12-14,19H,5-11,17H2,1-4H3. The van der Waals surface area contributed by atoms with Crippen molar-refractivity contribution in [3.05, 3.63) is 0 Å². The summed E-state index contributed by atoms with van der Waals surface area (Å²) < 4.78 is 0. The number of likely N-dealkylation sites (tertiary alicyclic amines) is 1. The van der Waals surface area contributed by atoms with Gasteiger partial charge in [-0.3, -0.25) is 4.79 Å². The van der Waals surface area contributed by atoms with Gasteiger partial charge in [0.25, 0.3) is 0 Å². The Morgan fingerprint density at radius 2 is 2.05 bits per heavy atom. The molecule has 0 aromatic heterocycles. The van der Waals surface area contributed by atoms with Crippen LogP contribution in [0, 0.1) is 17.3 Å². The Morgan fingerprint density at radius 3 is 2.55 bits per heavy atom. The summed E-state index contributed by atoms with van der Waals surface area (Å²) in [6.07, 6.45) is 3.44. The number of aliphatic hydroxyl groups excluding tert-OH is 1. The lowest BCUT2D eigenvalue weighted by Gasteiger charge is -2.31. The molecule has 0 bridgehead atoms. The molecule has 0 aliphatic carbocycles. The van der Waals surface area contributed by atoms with Gasteiger partial charge in [0.15, 0.2) is 0 Å². The van der Waals surface area contributed by atoms with Crippen LogP contribution in [0.15, 0.2) is 0 Å². The van der Waals surface area contributed by atoms with Crippen LogP contribution in [0.4, 0.5) is 0 Å². The highest BCUT2D eigenvalue weighted by atomic mass is 16.3. The van der Waals surface area contributed by atoms with Crippen LogP contribution in [-0.4, -0.2) is 41.7 Å². The smallest absolute Gasteiger partial charge is 0.222 e. The Kier molecular flexibility index (Phi) is 6.46. The van der Waals surface area contributed by atoms with Crippen molar-refractivity contribution in [1.82, 2.24) is 4.90 Å². The molecule has 20 heavy (non-hydrogen) atoms. The number of nitrogens with two attached hydrogens (primary N) is 1. The molecular formula is C16H32N2O2. The summed E-state index contributed by atoms with van der Waals surface area (Å²) in [5.74, 6) is 1.08. The lowest BCUT2D eigenvalue weighted by Crippen LogP contribution is -2.40. The predicted molar refractivity (Wildman–Crippen MR) is 82.2 cm³/mol. The van der Waals surface area contributed by atoms with E-state index in [0.717, 1.165) is 25.8 Å². The van der Waals surface area contributed by atoms with Crippen molar-refractivity contribution in [1.29, 1.82) is 0 Å². The Bertz CT molecular complexity index is 312. The maximum Gasteiger partial charge on any atom is 0.222 e. The monoisotopic (exact) mass is 284 g/mol. The zero-order valence-electron chi connectivity index (χ0n) is 13.6. The van der Waals surface area contributed by atoms with Gasteiger partial charge in [0, 0.05) is 13.0 Å². The maximum absolute atomic E-state index is 12.4. The Labute approximate surface area is 123 Å². The molecule has 0 radical (unpaired) electrons. The lowest BCUT2D eigenvalue weighted by atomic mass is 9.76. The van der Waals surface area contributed by atoms with Gasteiger partial charge in [-0.25, -0.2) is 0 Å². The summed E-state index contributed by atoms with van der Waals surface area (Å²) in [6, 6.07) is 0.0186. The van der Waals surface area contributed by atoms with E-state index in [-0.39, 0.29) is 24.0 Å². The van der Waals surface area contributed by atoms with E-state index in [1.807, 2.05) is 4.90 Å². The van der Waals surface area contributed by atoms with Gasteiger partial charge >= 0.3 is 0 Å². The SMILES string of the molecule is CC1CCN(C(=O)CCC(CCN)C(C)(C)C)C1CO. The van der Waals surface area contributed by atoms with Crippen LogP contribution >= 0.6 is 0 Å². The van der Waals surface area contributed by atoms with Gasteiger partial charge < -0.3 is 15.7 Å². The summed E-state index contributed by atoms with van der Waals surface area (Å²) in [5, 5.41) is 9.44. The Morgan fingerprint density at radius 1 is 1.40 bits per heavy atom. The van der Waals surface area contributed by atoms with E-state index in [1.54, 1.807) is 0 Å². The molecule has 4 heteroatoms. The first-order chi connectivity index (χ1) is 9.31. The third-order valence-electron chi connectivity index (χ3n) is 4.84. The van der Waals surface area contributed by atoms with Gasteiger partial charge in [-0.1, -0.05) is 27.7 Å². The largest absolute Gasteiger partial charge is 0.394 e. The molecular weight excluding hydrogens is 252 g/mol. The topological polar surface area (TPSA) is 66.6 Å². The number of hydrogen-bond donors (Lipinski definition) is 2. The van der Waals surface area contributed by atoms with E-state index in [4.69, 9.17) is 5.73 Å². The van der Waals surface area contributed by atoms with Crippen molar-refractivity contribution in [2.45, 2.75) is 59.4 Å². The molecule has 0 aromatic rings. The number of nitrogens with zero attached hydrogens (tertiary/aromatic N) is 1. The average Bonchev–Trinajstić information content (AvgIpc) is 2.73. The highest BCUT2D eigenvalue weighted by Crippen LogP contribution is 2.33. The molecule has 1 aliphatic rings. The first-order valence-electron chi connectivity index (χ1n) is 7.91. The molecule has 3 N–H and O–H groups in total. The van der Waals surface area contributed by atoms with Crippen LogP contribution in [-0.2, 0) is 4.79 Å². The number of rotatable bonds is 6. The predicted octanol–water partition coefficient (Wildman–Crippen LogP) is 2.01. The number of aliphatic hydroxyl groups is 1. The maximum atomic E-state index is 12.4. The molecule has 0 saturated carbocycles. The first kappa shape index (κ1) is 17.4. The molecule has 3 atom stereocenters. The Balaban J connectivity index is 2.53. The van der Waals surface area contributed by atoms with E-state index >= 15 is 0 Å². The van der Waals surface area contributed by atoms with Crippen LogP contribution in [0.25, 0.3) is 0 Å². The minimum atomic E-state index is 0.0186. The van der Waals surface area contributed by atoms with Gasteiger partial charge in [-0.15, -0.1) is 0 Å². The van der Waals surface area contributed by atoms with Crippen molar-refractivity contribution in [2.75, 3.05) is 19.7 Å². The molecule has 1 heterocycles. The summed E-state index contributed by atoms with van der Waals surface area (Å²) in [6.45, 7) is 10.3. The van der Waals surface area contributed by atoms with Crippen LogP contribution in [0.2, 0.25) is 0 Å². The van der Waals surface area contributed by atoms with E-state index in [9.17, 15) is 9.90 Å². The molecule has 1 saturated heterocycles. The highest BCUT2D eigenvalue weighted by Gasteiger charge is 2.34. The van der Waals surface area contributed by atoms with Crippen molar-refractivity contribution < 1.29 is 9.90 Å². The zero-order chi connectivity index (χ0) is 15.3. The molecule has 1 rings (SSSR count). The molecule has 0 aromatic carbocycles. The molecule has 4 nitrogen and oxygen atoms in total. The molecule has 1 aliphatic heterocycles. The number of carbonyl (C=O) groups is 1. The third-order valence-corrected chi connectivity index (χ3v) is 4.84. The van der Waals surface area contributed by atoms with Crippen molar-refractivity contribution in [3.8, 4) is 0 Å². The van der Waals surface area contributed by atoms with E-state index < -0.39 is 0 Å². The van der Waals surface area contributed by atoms with Crippen LogP contribution in [0.3, 0.4) is 0 Å². The summed E-state index contributed by atoms with van der Waals surface area (Å²) in [4.78, 5) is 14.3. The number of carbonyl (C=O) groups excluding carboxylic acids is 1. The molecule has 1 fully saturated rings. The fraction of sp³-hybridized carbons (Fsp3) is 0.938. The van der Waals surface area contributed by atoms with Crippen LogP contribution < -0.4 is 5.73 Å². The average molecular weight is 284 g/mol. The minimum absolute atomic E-state index is 0.0186. The second-order valence-electron chi connectivity index (χ2n) is 7.28. The fourth-order valence-corrected chi connectivity index (χ4v) is 3.25. The van der Waals surface area contributed by atoms with Gasteiger partial charge in [-0.05, 0) is 43.1 Å². The van der Waals surface area contributed by atoms with Gasteiger partial charge in [0.2, 0.25) is 5.91 Å². The Hall–Kier alpha value is -0.610. The van der Waals surface area contributed by atoms with Gasteiger partial charge in [0.1, 0.15) is 0 Å². The normalized spacial score (nSPS) is 25.0. The van der Waals surface area contributed by atoms with E-state index in [1.165, 1.54) is 0 Å². The second kappa shape index (κ2) is 7.41. The van der Waals surface area contributed by atoms with Gasteiger partial charge in [0.05, 0.1) is 12.6 Å². The summed E-state index contributed by atoms with van der Waals surface area (Å²) in [7, 11) is 0. The molecule has 3 unspecified atom stereocenters. The van der Waals surface area contributed by atoms with Crippen molar-refractivity contribution >= 4 is 5.91 Å². The van der Waals surface area contributed by atoms with E-state index in [2.05, 4.69) is 27.7 Å². The van der Waals surface area contributed by atoms with E-state index in [0.29, 0.717) is 24.8 Å². The molecule has 118 valence electrons. The third kappa shape index (κ3) is 4.45. The minimum Gasteiger partial charge on any atom is -0.394 e. The highest BCUT2D eigenvalue weighted by molar-refractivity contribution is 5.76. The summed E-state index contributed by atoms with van der Waals surface area (Å²) >= 11 is 0. The van der Waals surface area contributed by atoms with Crippen molar-refractivity contribution in [2.24, 2.45) is 23.0 Å². The first-order valence-corrected chi connectivity index (χ1v) is 7.91.